The normalized spacial score (nSPS) is 14.0. The van der Waals surface area contributed by atoms with Gasteiger partial charge >= 0.3 is 0 Å². The third kappa shape index (κ3) is 4.35. The van der Waals surface area contributed by atoms with Gasteiger partial charge in [0, 0.05) is 9.77 Å². The molecule has 1 aromatic carbocycles. The summed E-state index contributed by atoms with van der Waals surface area (Å²) in [6, 6.07) is 6.37. The molecule has 1 amide bonds. The van der Waals surface area contributed by atoms with Gasteiger partial charge in [0.1, 0.15) is 11.4 Å². The lowest BCUT2D eigenvalue weighted by Crippen LogP contribution is -2.28. The second-order valence-corrected chi connectivity index (χ2v) is 8.96. The Kier molecular flexibility index (Phi) is 5.96. The van der Waals surface area contributed by atoms with Crippen LogP contribution < -0.4 is 10.9 Å². The van der Waals surface area contributed by atoms with Crippen molar-refractivity contribution in [2.75, 3.05) is 5.32 Å². The Bertz CT molecular complexity index is 1110. The molecule has 9 heteroatoms. The fourth-order valence-corrected chi connectivity index (χ4v) is 5.40. The highest BCUT2D eigenvalue weighted by Crippen LogP contribution is 2.33. The molecule has 1 N–H and O–H groups in total. The summed E-state index contributed by atoms with van der Waals surface area (Å²) in [5.41, 5.74) is 1.16. The maximum Gasteiger partial charge on any atom is 0.288 e. The predicted molar refractivity (Wildman–Crippen MR) is 112 cm³/mol. The molecule has 3 aromatic rings. The number of para-hydroxylation sites is 1. The predicted octanol–water partition coefficient (Wildman–Crippen LogP) is 4.68. The van der Waals surface area contributed by atoms with Gasteiger partial charge in [-0.2, -0.15) is 8.78 Å². The van der Waals surface area contributed by atoms with Crippen molar-refractivity contribution in [2.24, 2.45) is 0 Å². The molecule has 29 heavy (non-hydrogen) atoms. The van der Waals surface area contributed by atoms with E-state index in [1.807, 2.05) is 0 Å². The van der Waals surface area contributed by atoms with Crippen LogP contribution in [0.3, 0.4) is 0 Å². The third-order valence-electron chi connectivity index (χ3n) is 4.88. The molecule has 0 bridgehead atoms. The summed E-state index contributed by atoms with van der Waals surface area (Å²) in [6.45, 7) is -0.222. The molecule has 0 saturated carbocycles. The Labute approximate surface area is 174 Å². The van der Waals surface area contributed by atoms with E-state index in [2.05, 4.69) is 10.3 Å². The molecule has 2 heterocycles. The van der Waals surface area contributed by atoms with E-state index in [1.54, 1.807) is 29.5 Å². The lowest BCUT2D eigenvalue weighted by Gasteiger charge is -2.11. The summed E-state index contributed by atoms with van der Waals surface area (Å²) in [5.74, 6) is -3.05. The minimum Gasteiger partial charge on any atom is -0.324 e. The van der Waals surface area contributed by atoms with E-state index in [9.17, 15) is 18.4 Å². The number of amides is 1. The molecule has 0 aliphatic heterocycles. The highest BCUT2D eigenvalue weighted by molar-refractivity contribution is 7.99. The van der Waals surface area contributed by atoms with Crippen LogP contribution in [0.1, 0.15) is 29.7 Å². The molecule has 4 rings (SSSR count). The summed E-state index contributed by atoms with van der Waals surface area (Å²) in [7, 11) is 0. The van der Waals surface area contributed by atoms with Gasteiger partial charge in [0.05, 0.1) is 17.4 Å². The number of anilines is 1. The Morgan fingerprint density at radius 1 is 1.24 bits per heavy atom. The number of carbonyl (C=O) groups excluding carboxylic acids is 1. The highest BCUT2D eigenvalue weighted by atomic mass is 32.2. The monoisotopic (exact) mass is 435 g/mol. The van der Waals surface area contributed by atoms with Crippen LogP contribution in [0.5, 0.6) is 0 Å². The smallest absolute Gasteiger partial charge is 0.288 e. The Morgan fingerprint density at radius 3 is 2.86 bits per heavy atom. The van der Waals surface area contributed by atoms with Crippen LogP contribution in [0.2, 0.25) is 0 Å². The quantitative estimate of drug-likeness (QED) is 0.467. The number of thiophene rings is 1. The van der Waals surface area contributed by atoms with Crippen LogP contribution in [0, 0.1) is 0 Å². The fraction of sp³-hybridized carbons (Fsp3) is 0.350. The Hall–Kier alpha value is -2.26. The van der Waals surface area contributed by atoms with E-state index in [1.165, 1.54) is 21.8 Å². The van der Waals surface area contributed by atoms with Crippen molar-refractivity contribution >= 4 is 44.9 Å². The summed E-state index contributed by atoms with van der Waals surface area (Å²) in [6.07, 6.45) is 6.53. The first-order valence-electron chi connectivity index (χ1n) is 9.36. The SMILES string of the molecule is O=C(Cn1cnc2sc3c(c2c1=O)CCCCC3)Nc1ccccc1SC(F)F. The molecule has 0 spiro atoms. The zero-order chi connectivity index (χ0) is 20.4. The number of rotatable bonds is 5. The first-order chi connectivity index (χ1) is 14.0. The summed E-state index contributed by atoms with van der Waals surface area (Å²) >= 11 is 1.94. The number of fused-ring (bicyclic) bond motifs is 3. The van der Waals surface area contributed by atoms with Crippen molar-refractivity contribution in [3.05, 3.63) is 51.4 Å². The maximum absolute atomic E-state index is 13.0. The molecule has 152 valence electrons. The Balaban J connectivity index is 1.58. The maximum atomic E-state index is 13.0. The van der Waals surface area contributed by atoms with Crippen LogP contribution in [0.25, 0.3) is 10.2 Å². The van der Waals surface area contributed by atoms with Crippen molar-refractivity contribution in [3.8, 4) is 0 Å². The molecule has 5 nitrogen and oxygen atoms in total. The van der Waals surface area contributed by atoms with Crippen LogP contribution in [0.15, 0.2) is 40.3 Å². The van der Waals surface area contributed by atoms with Crippen molar-refractivity contribution < 1.29 is 13.6 Å². The highest BCUT2D eigenvalue weighted by Gasteiger charge is 2.20. The number of hydrogen-bond donors (Lipinski definition) is 1. The van der Waals surface area contributed by atoms with Gasteiger partial charge in [-0.25, -0.2) is 4.98 Å². The van der Waals surface area contributed by atoms with Crippen LogP contribution >= 0.6 is 23.1 Å². The largest absolute Gasteiger partial charge is 0.324 e. The van der Waals surface area contributed by atoms with Gasteiger partial charge in [-0.1, -0.05) is 30.3 Å². The molecular weight excluding hydrogens is 416 g/mol. The second kappa shape index (κ2) is 8.62. The molecule has 0 saturated heterocycles. The summed E-state index contributed by atoms with van der Waals surface area (Å²) in [4.78, 5) is 32.1. The number of carbonyl (C=O) groups is 1. The lowest BCUT2D eigenvalue weighted by molar-refractivity contribution is -0.116. The first-order valence-corrected chi connectivity index (χ1v) is 11.1. The minimum absolute atomic E-state index is 0.222. The molecule has 2 aromatic heterocycles. The summed E-state index contributed by atoms with van der Waals surface area (Å²) in [5, 5.41) is 3.25. The summed E-state index contributed by atoms with van der Waals surface area (Å²) < 4.78 is 26.7. The van der Waals surface area contributed by atoms with E-state index in [0.29, 0.717) is 22.8 Å². The van der Waals surface area contributed by atoms with Crippen LogP contribution in [-0.4, -0.2) is 21.2 Å². The van der Waals surface area contributed by atoms with E-state index in [4.69, 9.17) is 0 Å². The third-order valence-corrected chi connectivity index (χ3v) is 6.87. The van der Waals surface area contributed by atoms with Crippen LogP contribution in [0.4, 0.5) is 14.5 Å². The number of nitrogens with zero attached hydrogens (tertiary/aromatic N) is 2. The molecule has 0 unspecified atom stereocenters. The molecule has 0 radical (unpaired) electrons. The first kappa shape index (κ1) is 20.0. The number of halogens is 2. The van der Waals surface area contributed by atoms with Gasteiger partial charge in [-0.05, 0) is 43.4 Å². The van der Waals surface area contributed by atoms with Crippen LogP contribution in [-0.2, 0) is 24.2 Å². The van der Waals surface area contributed by atoms with Gasteiger partial charge in [0.2, 0.25) is 5.91 Å². The number of nitrogens with one attached hydrogen (secondary N) is 1. The molecule has 1 aliphatic carbocycles. The average molecular weight is 436 g/mol. The van der Waals surface area contributed by atoms with Crippen molar-refractivity contribution in [1.82, 2.24) is 9.55 Å². The van der Waals surface area contributed by atoms with E-state index in [-0.39, 0.29) is 17.0 Å². The van der Waals surface area contributed by atoms with E-state index < -0.39 is 11.7 Å². The second-order valence-electron chi connectivity index (χ2n) is 6.85. The number of aryl methyl sites for hydroxylation is 2. The molecule has 0 atom stereocenters. The zero-order valence-corrected chi connectivity index (χ0v) is 17.1. The molecule has 0 fully saturated rings. The fourth-order valence-electron chi connectivity index (χ4n) is 3.58. The number of hydrogen-bond acceptors (Lipinski definition) is 5. The molecular formula is C20H19F2N3O2S2. The van der Waals surface area contributed by atoms with Crippen molar-refractivity contribution in [1.29, 1.82) is 0 Å². The Morgan fingerprint density at radius 2 is 2.03 bits per heavy atom. The van der Waals surface area contributed by atoms with Gasteiger partial charge in [0.15, 0.2) is 0 Å². The average Bonchev–Trinajstić information content (AvgIpc) is 2.87. The van der Waals surface area contributed by atoms with Crippen molar-refractivity contribution in [2.45, 2.75) is 49.3 Å². The number of benzene rings is 1. The zero-order valence-electron chi connectivity index (χ0n) is 15.5. The standard InChI is InChI=1S/C20H19F2N3O2S2/c21-20(22)29-15-9-5-4-7-13(15)24-16(26)10-25-11-23-18-17(19(25)27)12-6-2-1-3-8-14(12)28-18/h4-5,7,9,11,20H,1-3,6,8,10H2,(H,24,26). The minimum atomic E-state index is -2.59. The number of aromatic nitrogens is 2. The van der Waals surface area contributed by atoms with Crippen molar-refractivity contribution in [3.63, 3.8) is 0 Å². The molecule has 1 aliphatic rings. The van der Waals surface area contributed by atoms with E-state index >= 15 is 0 Å². The number of alkyl halides is 2. The van der Waals surface area contributed by atoms with Gasteiger partial charge in [-0.15, -0.1) is 11.3 Å². The topological polar surface area (TPSA) is 64.0 Å². The number of thioether (sulfide) groups is 1. The lowest BCUT2D eigenvalue weighted by atomic mass is 10.1. The van der Waals surface area contributed by atoms with E-state index in [0.717, 1.165) is 42.5 Å². The van der Waals surface area contributed by atoms with Gasteiger partial charge < -0.3 is 5.32 Å². The van der Waals surface area contributed by atoms with Gasteiger partial charge in [-0.3, -0.25) is 14.2 Å². The van der Waals surface area contributed by atoms with Gasteiger partial charge in [0.25, 0.3) is 11.3 Å².